The molecule has 28 heavy (non-hydrogen) atoms. The van der Waals surface area contributed by atoms with Gasteiger partial charge in [0.2, 0.25) is 0 Å². The van der Waals surface area contributed by atoms with Crippen LogP contribution in [0.15, 0.2) is 80.4 Å². The van der Waals surface area contributed by atoms with Gasteiger partial charge in [0.1, 0.15) is 5.76 Å². The van der Waals surface area contributed by atoms with E-state index in [4.69, 9.17) is 4.42 Å². The van der Waals surface area contributed by atoms with Crippen molar-refractivity contribution in [3.05, 3.63) is 77.6 Å². The topological polar surface area (TPSA) is 91.6 Å². The van der Waals surface area contributed by atoms with Crippen molar-refractivity contribution in [2.24, 2.45) is 5.10 Å². The van der Waals surface area contributed by atoms with E-state index in [2.05, 4.69) is 15.1 Å². The molecule has 0 unspecified atom stereocenters. The molecule has 0 saturated carbocycles. The summed E-state index contributed by atoms with van der Waals surface area (Å²) in [6.45, 7) is 0. The average molecular weight is 388 g/mol. The highest BCUT2D eigenvalue weighted by molar-refractivity contribution is 7.99. The van der Waals surface area contributed by atoms with Crippen molar-refractivity contribution in [1.82, 2.24) is 15.0 Å². The lowest BCUT2D eigenvalue weighted by molar-refractivity contribution is 0.0660. The number of aromatic amines is 1. The van der Waals surface area contributed by atoms with Crippen molar-refractivity contribution in [3.63, 3.8) is 0 Å². The third-order valence-corrected chi connectivity index (χ3v) is 5.05. The quantitative estimate of drug-likeness (QED) is 0.422. The van der Waals surface area contributed by atoms with Crippen molar-refractivity contribution < 1.29 is 14.0 Å². The van der Waals surface area contributed by atoms with E-state index >= 15 is 0 Å². The summed E-state index contributed by atoms with van der Waals surface area (Å²) in [6.07, 6.45) is 1.35. The SMILES string of the molecule is O=C1c2ccccc2C(=O)N1/N=C\c1ccc(Sc2nc3ccccc3[nH]2)o1. The number of hydrazone groups is 1. The maximum absolute atomic E-state index is 12.3. The molecular formula is C20H12N4O3S. The van der Waals surface area contributed by atoms with Crippen molar-refractivity contribution in [2.45, 2.75) is 10.2 Å². The maximum atomic E-state index is 12.3. The van der Waals surface area contributed by atoms with Crippen LogP contribution < -0.4 is 0 Å². The number of H-pyrrole nitrogens is 1. The average Bonchev–Trinajstić information content (AvgIpc) is 3.39. The molecule has 8 heteroatoms. The van der Waals surface area contributed by atoms with E-state index in [0.717, 1.165) is 16.0 Å². The van der Waals surface area contributed by atoms with Crippen LogP contribution in [0.2, 0.25) is 0 Å². The molecule has 0 atom stereocenters. The zero-order valence-corrected chi connectivity index (χ0v) is 15.1. The summed E-state index contributed by atoms with van der Waals surface area (Å²) >= 11 is 1.34. The molecule has 7 nitrogen and oxygen atoms in total. The van der Waals surface area contributed by atoms with Gasteiger partial charge in [-0.2, -0.15) is 10.1 Å². The van der Waals surface area contributed by atoms with Crippen LogP contribution in [0.3, 0.4) is 0 Å². The van der Waals surface area contributed by atoms with E-state index in [1.807, 2.05) is 24.3 Å². The molecule has 2 amide bonds. The van der Waals surface area contributed by atoms with Crippen LogP contribution in [-0.4, -0.2) is 33.0 Å². The van der Waals surface area contributed by atoms with E-state index in [1.165, 1.54) is 18.0 Å². The minimum absolute atomic E-state index is 0.352. The van der Waals surface area contributed by atoms with Gasteiger partial charge >= 0.3 is 0 Å². The number of furan rings is 1. The number of imidazole rings is 1. The molecular weight excluding hydrogens is 376 g/mol. The summed E-state index contributed by atoms with van der Waals surface area (Å²) in [5.74, 6) is -0.462. The van der Waals surface area contributed by atoms with Gasteiger partial charge in [-0.25, -0.2) is 4.98 Å². The Morgan fingerprint density at radius 3 is 2.43 bits per heavy atom. The van der Waals surface area contributed by atoms with E-state index < -0.39 is 11.8 Å². The molecule has 5 rings (SSSR count). The zero-order chi connectivity index (χ0) is 19.1. The fourth-order valence-corrected chi connectivity index (χ4v) is 3.70. The minimum atomic E-state index is -0.444. The van der Waals surface area contributed by atoms with Crippen molar-refractivity contribution in [3.8, 4) is 0 Å². The van der Waals surface area contributed by atoms with Gasteiger partial charge in [-0.1, -0.05) is 24.3 Å². The first kappa shape index (κ1) is 16.5. The van der Waals surface area contributed by atoms with Crippen LogP contribution in [0.5, 0.6) is 0 Å². The van der Waals surface area contributed by atoms with Gasteiger partial charge in [0, 0.05) is 0 Å². The fraction of sp³-hybridized carbons (Fsp3) is 0. The second-order valence-electron chi connectivity index (χ2n) is 6.03. The molecule has 0 bridgehead atoms. The molecule has 2 aromatic heterocycles. The van der Waals surface area contributed by atoms with Crippen molar-refractivity contribution in [2.75, 3.05) is 0 Å². The number of carbonyl (C=O) groups excluding carboxylic acids is 2. The molecule has 1 aliphatic heterocycles. The molecule has 1 N–H and O–H groups in total. The molecule has 0 radical (unpaired) electrons. The number of carbonyl (C=O) groups is 2. The Morgan fingerprint density at radius 1 is 0.964 bits per heavy atom. The number of aromatic nitrogens is 2. The number of nitrogens with one attached hydrogen (secondary N) is 1. The summed E-state index contributed by atoms with van der Waals surface area (Å²) in [6, 6.07) is 17.9. The second-order valence-corrected chi connectivity index (χ2v) is 7.02. The van der Waals surface area contributed by atoms with Gasteiger partial charge in [0.15, 0.2) is 10.2 Å². The van der Waals surface area contributed by atoms with E-state index in [1.54, 1.807) is 36.4 Å². The molecule has 136 valence electrons. The van der Waals surface area contributed by atoms with Gasteiger partial charge in [-0.3, -0.25) is 9.59 Å². The third-order valence-electron chi connectivity index (χ3n) is 4.24. The number of hydrogen-bond acceptors (Lipinski definition) is 6. The highest BCUT2D eigenvalue weighted by atomic mass is 32.2. The Morgan fingerprint density at radius 2 is 1.68 bits per heavy atom. The Bertz CT molecular complexity index is 1190. The van der Waals surface area contributed by atoms with E-state index in [9.17, 15) is 9.59 Å². The standard InChI is InChI=1S/C20H12N4O3S/c25-18-13-5-1-2-6-14(13)19(26)24(18)21-11-12-9-10-17(27-12)28-20-22-15-7-3-4-8-16(15)23-20/h1-11H,(H,22,23)/b21-11-. The molecule has 1 aliphatic rings. The third kappa shape index (κ3) is 2.80. The predicted octanol–water partition coefficient (Wildman–Crippen LogP) is 3.94. The number of amides is 2. The summed E-state index contributed by atoms with van der Waals surface area (Å²) in [7, 11) is 0. The normalized spacial score (nSPS) is 13.8. The maximum Gasteiger partial charge on any atom is 0.282 e. The number of imide groups is 1. The molecule has 4 aromatic rings. The lowest BCUT2D eigenvalue weighted by Crippen LogP contribution is -2.23. The second kappa shape index (κ2) is 6.50. The van der Waals surface area contributed by atoms with Gasteiger partial charge in [0.05, 0.1) is 28.4 Å². The Kier molecular flexibility index (Phi) is 3.84. The molecule has 0 aliphatic carbocycles. The number of nitrogens with zero attached hydrogens (tertiary/aromatic N) is 3. The fourth-order valence-electron chi connectivity index (χ4n) is 2.93. The Hall–Kier alpha value is -3.65. The van der Waals surface area contributed by atoms with E-state index in [-0.39, 0.29) is 0 Å². The number of rotatable bonds is 4. The predicted molar refractivity (Wildman–Crippen MR) is 103 cm³/mol. The number of fused-ring (bicyclic) bond motifs is 2. The number of para-hydroxylation sites is 2. The van der Waals surface area contributed by atoms with Crippen LogP contribution in [0, 0.1) is 0 Å². The largest absolute Gasteiger partial charge is 0.448 e. The van der Waals surface area contributed by atoms with Gasteiger partial charge in [-0.05, 0) is 48.2 Å². The summed E-state index contributed by atoms with van der Waals surface area (Å²) in [4.78, 5) is 32.3. The number of hydrogen-bond donors (Lipinski definition) is 1. The number of benzene rings is 2. The van der Waals surface area contributed by atoms with Crippen LogP contribution in [0.1, 0.15) is 26.5 Å². The first-order chi connectivity index (χ1) is 13.7. The van der Waals surface area contributed by atoms with E-state index in [0.29, 0.717) is 27.1 Å². The first-order valence-corrected chi connectivity index (χ1v) is 9.25. The highest BCUT2D eigenvalue weighted by Gasteiger charge is 2.35. The van der Waals surface area contributed by atoms with Crippen LogP contribution in [-0.2, 0) is 0 Å². The van der Waals surface area contributed by atoms with Crippen LogP contribution in [0.25, 0.3) is 11.0 Å². The van der Waals surface area contributed by atoms with Crippen LogP contribution in [0.4, 0.5) is 0 Å². The summed E-state index contributed by atoms with van der Waals surface area (Å²) in [5.41, 5.74) is 2.53. The Labute approximate surface area is 163 Å². The van der Waals surface area contributed by atoms with Gasteiger partial charge in [-0.15, -0.1) is 0 Å². The van der Waals surface area contributed by atoms with Crippen molar-refractivity contribution in [1.29, 1.82) is 0 Å². The lowest BCUT2D eigenvalue weighted by Gasteiger charge is -2.04. The smallest absolute Gasteiger partial charge is 0.282 e. The molecule has 2 aromatic carbocycles. The molecule has 0 spiro atoms. The lowest BCUT2D eigenvalue weighted by atomic mass is 10.1. The van der Waals surface area contributed by atoms with Crippen LogP contribution >= 0.6 is 11.8 Å². The Balaban J connectivity index is 1.33. The monoisotopic (exact) mass is 388 g/mol. The molecule has 3 heterocycles. The summed E-state index contributed by atoms with van der Waals surface area (Å²) in [5, 5.41) is 6.18. The molecule has 0 fully saturated rings. The van der Waals surface area contributed by atoms with Gasteiger partial charge < -0.3 is 9.40 Å². The van der Waals surface area contributed by atoms with Gasteiger partial charge in [0.25, 0.3) is 11.8 Å². The zero-order valence-electron chi connectivity index (χ0n) is 14.3. The van der Waals surface area contributed by atoms with Crippen molar-refractivity contribution >= 4 is 40.8 Å². The summed E-state index contributed by atoms with van der Waals surface area (Å²) < 4.78 is 5.70. The highest BCUT2D eigenvalue weighted by Crippen LogP contribution is 2.28. The molecule has 0 saturated heterocycles. The first-order valence-electron chi connectivity index (χ1n) is 8.43. The minimum Gasteiger partial charge on any atom is -0.448 e.